The second-order valence-electron chi connectivity index (χ2n) is 7.83. The Morgan fingerprint density at radius 3 is 2.20 bits per heavy atom. The fourth-order valence-corrected chi connectivity index (χ4v) is 4.26. The molecule has 5 nitrogen and oxygen atoms in total. The number of nitrogens with one attached hydrogen (secondary N) is 1. The highest BCUT2D eigenvalue weighted by atomic mass is 16.5. The Morgan fingerprint density at radius 1 is 0.900 bits per heavy atom. The molecule has 156 valence electrons. The molecule has 0 bridgehead atoms. The van der Waals surface area contributed by atoms with Gasteiger partial charge in [0, 0.05) is 32.0 Å². The zero-order chi connectivity index (χ0) is 20.8. The lowest BCUT2D eigenvalue weighted by atomic mass is 9.98. The van der Waals surface area contributed by atoms with Gasteiger partial charge in [0.15, 0.2) is 0 Å². The molecule has 0 atom stereocenters. The zero-order valence-electron chi connectivity index (χ0n) is 17.2. The number of amides is 2. The van der Waals surface area contributed by atoms with Crippen molar-refractivity contribution >= 4 is 12.0 Å². The van der Waals surface area contributed by atoms with Gasteiger partial charge in [-0.05, 0) is 35.1 Å². The summed E-state index contributed by atoms with van der Waals surface area (Å²) in [6, 6.07) is 16.6. The van der Waals surface area contributed by atoms with Crippen LogP contribution in [0.15, 0.2) is 60.7 Å². The number of unbranched alkanes of at least 4 members (excludes halogenated alkanes) is 2. The molecule has 2 aromatic carbocycles. The van der Waals surface area contributed by atoms with Gasteiger partial charge in [0.2, 0.25) is 5.91 Å². The van der Waals surface area contributed by atoms with Crippen LogP contribution in [0.1, 0.15) is 42.7 Å². The standard InChI is InChI=1S/C25H28N2O3/c28-24(27-16-8-9-17-27)14-2-1-7-15-26-25(29)30-18-23-21-12-5-3-10-19(21)20-11-4-6-13-22(20)23/h3-6,8-13,23H,1-2,7,14-18H2,(H,26,29). The highest BCUT2D eigenvalue weighted by Gasteiger charge is 2.28. The number of benzene rings is 2. The highest BCUT2D eigenvalue weighted by molar-refractivity contribution is 5.79. The molecule has 5 heteroatoms. The molecule has 2 amide bonds. The van der Waals surface area contributed by atoms with Gasteiger partial charge in [-0.2, -0.15) is 0 Å². The minimum absolute atomic E-state index is 0.0780. The normalized spacial score (nSPS) is 14.5. The summed E-state index contributed by atoms with van der Waals surface area (Å²) < 4.78 is 5.53. The average Bonchev–Trinajstić information content (AvgIpc) is 3.41. The molecule has 0 spiro atoms. The Hall–Kier alpha value is -3.08. The molecule has 1 heterocycles. The molecule has 2 aliphatic rings. The van der Waals surface area contributed by atoms with E-state index in [1.165, 1.54) is 22.3 Å². The molecule has 30 heavy (non-hydrogen) atoms. The number of hydrogen-bond acceptors (Lipinski definition) is 3. The quantitative estimate of drug-likeness (QED) is 0.521. The monoisotopic (exact) mass is 404 g/mol. The van der Waals surface area contributed by atoms with E-state index in [4.69, 9.17) is 4.74 Å². The van der Waals surface area contributed by atoms with E-state index in [-0.39, 0.29) is 17.9 Å². The van der Waals surface area contributed by atoms with Crippen molar-refractivity contribution in [1.29, 1.82) is 0 Å². The van der Waals surface area contributed by atoms with E-state index < -0.39 is 0 Å². The van der Waals surface area contributed by atoms with Crippen LogP contribution in [0.5, 0.6) is 0 Å². The second-order valence-corrected chi connectivity index (χ2v) is 7.83. The van der Waals surface area contributed by atoms with E-state index in [0.717, 1.165) is 32.4 Å². The molecule has 0 radical (unpaired) electrons. The highest BCUT2D eigenvalue weighted by Crippen LogP contribution is 2.44. The van der Waals surface area contributed by atoms with Crippen LogP contribution in [0.3, 0.4) is 0 Å². The number of alkyl carbamates (subject to hydrolysis) is 1. The van der Waals surface area contributed by atoms with Crippen molar-refractivity contribution in [3.63, 3.8) is 0 Å². The minimum Gasteiger partial charge on any atom is -0.449 e. The molecule has 1 aliphatic carbocycles. The lowest BCUT2D eigenvalue weighted by Crippen LogP contribution is -2.28. The maximum absolute atomic E-state index is 12.1. The van der Waals surface area contributed by atoms with E-state index in [1.807, 2.05) is 41.3 Å². The zero-order valence-corrected chi connectivity index (χ0v) is 17.2. The summed E-state index contributed by atoms with van der Waals surface area (Å²) in [4.78, 5) is 26.0. The number of ether oxygens (including phenoxy) is 1. The minimum atomic E-state index is -0.379. The predicted octanol–water partition coefficient (Wildman–Crippen LogP) is 4.48. The lowest BCUT2D eigenvalue weighted by molar-refractivity contribution is -0.129. The van der Waals surface area contributed by atoms with Gasteiger partial charge in [0.25, 0.3) is 0 Å². The van der Waals surface area contributed by atoms with Crippen molar-refractivity contribution in [2.75, 3.05) is 26.2 Å². The van der Waals surface area contributed by atoms with Crippen molar-refractivity contribution in [3.8, 4) is 11.1 Å². The van der Waals surface area contributed by atoms with Crippen LogP contribution >= 0.6 is 0 Å². The van der Waals surface area contributed by atoms with Crippen LogP contribution in [0.4, 0.5) is 4.79 Å². The third-order valence-electron chi connectivity index (χ3n) is 5.85. The van der Waals surface area contributed by atoms with Crippen molar-refractivity contribution in [2.24, 2.45) is 0 Å². The smallest absolute Gasteiger partial charge is 0.407 e. The van der Waals surface area contributed by atoms with Crippen LogP contribution < -0.4 is 5.32 Å². The third-order valence-corrected chi connectivity index (χ3v) is 5.85. The first-order valence-corrected chi connectivity index (χ1v) is 10.8. The van der Waals surface area contributed by atoms with Gasteiger partial charge in [-0.1, -0.05) is 67.1 Å². The number of fused-ring (bicyclic) bond motifs is 3. The van der Waals surface area contributed by atoms with Crippen LogP contribution in [0.2, 0.25) is 0 Å². The van der Waals surface area contributed by atoms with E-state index in [1.54, 1.807) is 0 Å². The van der Waals surface area contributed by atoms with Gasteiger partial charge in [0.05, 0.1) is 0 Å². The molecule has 1 aliphatic heterocycles. The number of nitrogens with zero attached hydrogens (tertiary/aromatic N) is 1. The number of rotatable bonds is 8. The van der Waals surface area contributed by atoms with Gasteiger partial charge in [-0.3, -0.25) is 4.79 Å². The number of hydrogen-bond donors (Lipinski definition) is 1. The molecule has 0 saturated carbocycles. The fourth-order valence-electron chi connectivity index (χ4n) is 4.26. The summed E-state index contributed by atoms with van der Waals surface area (Å²) in [5.74, 6) is 0.290. The summed E-state index contributed by atoms with van der Waals surface area (Å²) in [7, 11) is 0. The first-order valence-electron chi connectivity index (χ1n) is 10.8. The number of carbonyl (C=O) groups excluding carboxylic acids is 2. The Balaban J connectivity index is 1.16. The largest absolute Gasteiger partial charge is 0.449 e. The summed E-state index contributed by atoms with van der Waals surface area (Å²) in [6.45, 7) is 2.37. The van der Waals surface area contributed by atoms with Crippen LogP contribution in [0.25, 0.3) is 11.1 Å². The summed E-state index contributed by atoms with van der Waals surface area (Å²) in [5.41, 5.74) is 4.87. The maximum atomic E-state index is 12.1. The van der Waals surface area contributed by atoms with Gasteiger partial charge in [-0.25, -0.2) is 4.79 Å². The Kier molecular flexibility index (Phi) is 6.47. The van der Waals surface area contributed by atoms with Crippen molar-refractivity contribution in [1.82, 2.24) is 10.2 Å². The molecule has 0 saturated heterocycles. The van der Waals surface area contributed by atoms with E-state index in [2.05, 4.69) is 29.6 Å². The molecule has 0 aromatic heterocycles. The Labute approximate surface area is 177 Å². The van der Waals surface area contributed by atoms with Crippen molar-refractivity contribution < 1.29 is 14.3 Å². The lowest BCUT2D eigenvalue weighted by Gasteiger charge is -2.15. The van der Waals surface area contributed by atoms with Crippen LogP contribution in [-0.2, 0) is 9.53 Å². The summed E-state index contributed by atoms with van der Waals surface area (Å²) >= 11 is 0. The Bertz CT molecular complexity index is 884. The first kappa shape index (κ1) is 20.2. The summed E-state index contributed by atoms with van der Waals surface area (Å²) in [5, 5.41) is 2.83. The van der Waals surface area contributed by atoms with Gasteiger partial charge in [0.1, 0.15) is 6.61 Å². The second kappa shape index (κ2) is 9.61. The van der Waals surface area contributed by atoms with Gasteiger partial charge < -0.3 is 15.0 Å². The fraction of sp³-hybridized carbons (Fsp3) is 0.360. The van der Waals surface area contributed by atoms with E-state index in [0.29, 0.717) is 19.6 Å². The van der Waals surface area contributed by atoms with Gasteiger partial charge in [-0.15, -0.1) is 0 Å². The third kappa shape index (κ3) is 4.56. The average molecular weight is 405 g/mol. The molecule has 1 N–H and O–H groups in total. The molecular weight excluding hydrogens is 376 g/mol. The molecule has 2 aromatic rings. The molecule has 0 unspecified atom stereocenters. The summed E-state index contributed by atoms with van der Waals surface area (Å²) in [6.07, 6.45) is 6.85. The van der Waals surface area contributed by atoms with Crippen LogP contribution in [-0.4, -0.2) is 43.1 Å². The van der Waals surface area contributed by atoms with E-state index >= 15 is 0 Å². The molecular formula is C25H28N2O3. The molecule has 0 fully saturated rings. The van der Waals surface area contributed by atoms with Crippen molar-refractivity contribution in [3.05, 3.63) is 71.8 Å². The number of carbonyl (C=O) groups is 2. The first-order chi connectivity index (χ1) is 14.7. The van der Waals surface area contributed by atoms with Crippen LogP contribution in [0, 0.1) is 0 Å². The maximum Gasteiger partial charge on any atom is 0.407 e. The van der Waals surface area contributed by atoms with Crippen molar-refractivity contribution in [2.45, 2.75) is 31.6 Å². The Morgan fingerprint density at radius 2 is 1.53 bits per heavy atom. The van der Waals surface area contributed by atoms with Gasteiger partial charge >= 0.3 is 6.09 Å². The predicted molar refractivity (Wildman–Crippen MR) is 117 cm³/mol. The molecule has 4 rings (SSSR count). The topological polar surface area (TPSA) is 58.6 Å². The van der Waals surface area contributed by atoms with E-state index in [9.17, 15) is 9.59 Å². The SMILES string of the molecule is O=C(NCCCCCC(=O)N1CC=CC1)OCC1c2ccccc2-c2ccccc21.